The zero-order valence-electron chi connectivity index (χ0n) is 39.9. The molecule has 1 N–H and O–H groups in total. The topological polar surface area (TPSA) is 108 Å². The van der Waals surface area contributed by atoms with Crippen LogP contribution in [0.5, 0.6) is 5.75 Å². The molecule has 0 aromatic heterocycles. The van der Waals surface area contributed by atoms with Crippen LogP contribution in [0.2, 0.25) is 5.04 Å². The Kier molecular flexibility index (Phi) is 19.2. The summed E-state index contributed by atoms with van der Waals surface area (Å²) >= 11 is 0. The molecule has 11 heteroatoms. The number of amides is 1. The molecule has 0 aliphatic carbocycles. The first-order valence-electron chi connectivity index (χ1n) is 23.1. The Balaban J connectivity index is 1.27. The number of guanidine groups is 1. The highest BCUT2D eigenvalue weighted by Crippen LogP contribution is 2.37. The normalized spacial score (nSPS) is 14.5. The van der Waals surface area contributed by atoms with Crippen LogP contribution in [0.15, 0.2) is 144 Å². The summed E-state index contributed by atoms with van der Waals surface area (Å²) < 4.78 is 29.8. The van der Waals surface area contributed by atoms with E-state index in [4.69, 9.17) is 28.4 Å². The molecule has 4 aromatic carbocycles. The van der Waals surface area contributed by atoms with E-state index < -0.39 is 32.0 Å². The number of methoxy groups -OCH3 is 2. The lowest BCUT2D eigenvalue weighted by atomic mass is 9.96. The molecular formula is C54H71N3O7Si. The van der Waals surface area contributed by atoms with Crippen molar-refractivity contribution in [1.82, 2.24) is 10.2 Å². The number of nitrogens with one attached hydrogen (secondary N) is 1. The highest BCUT2D eigenvalue weighted by molar-refractivity contribution is 6.99. The van der Waals surface area contributed by atoms with Crippen LogP contribution >= 0.6 is 0 Å². The number of aliphatic imine (C=N–C) groups is 1. The van der Waals surface area contributed by atoms with Gasteiger partial charge in [0.25, 0.3) is 8.32 Å². The molecule has 1 amide bonds. The molecule has 1 heterocycles. The number of carbonyl (C=O) groups excluding carboxylic acids is 2. The largest absolute Gasteiger partial charge is 0.497 e. The van der Waals surface area contributed by atoms with Gasteiger partial charge in [-0.25, -0.2) is 19.5 Å². The molecule has 65 heavy (non-hydrogen) atoms. The van der Waals surface area contributed by atoms with Crippen molar-refractivity contribution < 1.29 is 33.0 Å². The zero-order chi connectivity index (χ0) is 46.7. The maximum atomic E-state index is 14.0. The van der Waals surface area contributed by atoms with Crippen molar-refractivity contribution in [3.8, 4) is 5.75 Å². The average Bonchev–Trinajstić information content (AvgIpc) is 3.29. The SMILES string of the molecule is COC(=O)C1=C(CCCOCc2ccccc2)NC(N(Cc2ccc(OC)cc2)C(=O)OC(C)(C)C)=N[C@@H]1CC/C=C\CCCCCO[Si](c1ccccc1)(c1ccccc1)C(C)(C)C. The summed E-state index contributed by atoms with van der Waals surface area (Å²) in [6.45, 7) is 14.3. The molecule has 10 nitrogen and oxygen atoms in total. The third kappa shape index (κ3) is 14.8. The van der Waals surface area contributed by atoms with Gasteiger partial charge < -0.3 is 28.7 Å². The van der Waals surface area contributed by atoms with Crippen molar-refractivity contribution in [2.45, 2.75) is 123 Å². The van der Waals surface area contributed by atoms with Crippen LogP contribution in [0.4, 0.5) is 4.79 Å². The fraction of sp³-hybridized carbons (Fsp3) is 0.426. The van der Waals surface area contributed by atoms with E-state index in [2.05, 4.69) is 98.9 Å². The summed E-state index contributed by atoms with van der Waals surface area (Å²) in [6, 6.07) is 38.6. The van der Waals surface area contributed by atoms with Crippen molar-refractivity contribution >= 4 is 36.7 Å². The summed E-state index contributed by atoms with van der Waals surface area (Å²) in [5, 5.41) is 5.93. The maximum absolute atomic E-state index is 14.0. The second-order valence-corrected chi connectivity index (χ2v) is 22.7. The second kappa shape index (κ2) is 24.7. The lowest BCUT2D eigenvalue weighted by molar-refractivity contribution is -0.136. The minimum atomic E-state index is -2.56. The van der Waals surface area contributed by atoms with E-state index in [1.807, 2.05) is 75.4 Å². The molecule has 1 aliphatic heterocycles. The van der Waals surface area contributed by atoms with Gasteiger partial charge in [-0.3, -0.25) is 0 Å². The van der Waals surface area contributed by atoms with E-state index in [0.29, 0.717) is 68.5 Å². The Morgan fingerprint density at radius 2 is 1.34 bits per heavy atom. The van der Waals surface area contributed by atoms with Crippen molar-refractivity contribution in [2.75, 3.05) is 27.4 Å². The first kappa shape index (κ1) is 50.5. The molecule has 4 aromatic rings. The van der Waals surface area contributed by atoms with E-state index in [1.54, 1.807) is 7.11 Å². The summed E-state index contributed by atoms with van der Waals surface area (Å²) in [6.07, 6.45) is 10.2. The van der Waals surface area contributed by atoms with E-state index >= 15 is 0 Å². The second-order valence-electron chi connectivity index (χ2n) is 18.4. The van der Waals surface area contributed by atoms with Gasteiger partial charge >= 0.3 is 12.1 Å². The lowest BCUT2D eigenvalue weighted by Gasteiger charge is -2.43. The molecule has 348 valence electrons. The van der Waals surface area contributed by atoms with Gasteiger partial charge in [-0.15, -0.1) is 0 Å². The fourth-order valence-electron chi connectivity index (χ4n) is 8.15. The monoisotopic (exact) mass is 902 g/mol. The number of benzene rings is 4. The van der Waals surface area contributed by atoms with E-state index in [9.17, 15) is 9.59 Å². The Bertz CT molecular complexity index is 2120. The summed E-state index contributed by atoms with van der Waals surface area (Å²) in [5.41, 5.74) is 2.31. The standard InChI is InChI=1S/C54H71N3O7Si/c1-53(2,3)64-52(59)57(40-42-34-36-44(60-7)37-35-42)51-55-47(49(50(58)61-8)48(56-51)33-25-38-62-41-43-26-17-14-18-27-43)32-23-12-10-9-11-13-24-39-63-65(54(4,5)6,45-28-19-15-20-29-45)46-30-21-16-22-31-46/h10,12,14-22,26-31,34-37,47H,9,11,13,23-25,32-33,38-41H2,1-8H3,(H,55,56)/b12-10-/t47-/m1/s1. The number of esters is 1. The fourth-order valence-corrected chi connectivity index (χ4v) is 12.8. The number of carbonyl (C=O) groups is 2. The van der Waals surface area contributed by atoms with Crippen LogP contribution in [-0.4, -0.2) is 70.3 Å². The zero-order valence-corrected chi connectivity index (χ0v) is 40.9. The van der Waals surface area contributed by atoms with Gasteiger partial charge in [-0.2, -0.15) is 0 Å². The third-order valence-electron chi connectivity index (χ3n) is 11.3. The molecule has 0 unspecified atom stereocenters. The van der Waals surface area contributed by atoms with Gasteiger partial charge in [0, 0.05) is 18.9 Å². The molecule has 0 saturated heterocycles. The van der Waals surface area contributed by atoms with Crippen LogP contribution in [0.3, 0.4) is 0 Å². The highest BCUT2D eigenvalue weighted by atomic mass is 28.4. The van der Waals surface area contributed by atoms with E-state index in [0.717, 1.165) is 36.8 Å². The van der Waals surface area contributed by atoms with E-state index in [1.165, 1.54) is 22.4 Å². The molecular weight excluding hydrogens is 831 g/mol. The van der Waals surface area contributed by atoms with Gasteiger partial charge in [0.1, 0.15) is 11.4 Å². The van der Waals surface area contributed by atoms with Crippen molar-refractivity contribution in [2.24, 2.45) is 4.99 Å². The van der Waals surface area contributed by atoms with Crippen molar-refractivity contribution in [3.05, 3.63) is 150 Å². The summed E-state index contributed by atoms with van der Waals surface area (Å²) in [7, 11) is 0.452. The van der Waals surface area contributed by atoms with Crippen molar-refractivity contribution in [3.63, 3.8) is 0 Å². The summed E-state index contributed by atoms with van der Waals surface area (Å²) in [5.74, 6) is 0.576. The minimum Gasteiger partial charge on any atom is -0.497 e. The number of ether oxygens (including phenoxy) is 4. The first-order valence-corrected chi connectivity index (χ1v) is 25.0. The Hall–Kier alpha value is -5.49. The summed E-state index contributed by atoms with van der Waals surface area (Å²) in [4.78, 5) is 34.1. The molecule has 0 saturated carbocycles. The molecule has 1 atom stereocenters. The van der Waals surface area contributed by atoms with Crippen molar-refractivity contribution in [1.29, 1.82) is 0 Å². The molecule has 5 rings (SSSR count). The Morgan fingerprint density at radius 3 is 1.92 bits per heavy atom. The predicted molar refractivity (Wildman–Crippen MR) is 264 cm³/mol. The van der Waals surface area contributed by atoms with Gasteiger partial charge in [0.15, 0.2) is 0 Å². The molecule has 0 radical (unpaired) electrons. The van der Waals surface area contributed by atoms with Crippen LogP contribution < -0.4 is 20.4 Å². The molecule has 1 aliphatic rings. The third-order valence-corrected chi connectivity index (χ3v) is 16.4. The van der Waals surface area contributed by atoms with Gasteiger partial charge in [0.2, 0.25) is 5.96 Å². The molecule has 0 bridgehead atoms. The number of unbranched alkanes of at least 4 members (excludes halogenated alkanes) is 3. The lowest BCUT2D eigenvalue weighted by Crippen LogP contribution is -2.66. The van der Waals surface area contributed by atoms with Gasteiger partial charge in [0.05, 0.1) is 39.0 Å². The van der Waals surface area contributed by atoms with Gasteiger partial charge in [-0.05, 0) is 104 Å². The van der Waals surface area contributed by atoms with Crippen LogP contribution in [0, 0.1) is 0 Å². The number of hydrogen-bond donors (Lipinski definition) is 1. The highest BCUT2D eigenvalue weighted by Gasteiger charge is 2.50. The molecule has 0 spiro atoms. The average molecular weight is 902 g/mol. The Labute approximate surface area is 389 Å². The predicted octanol–water partition coefficient (Wildman–Crippen LogP) is 10.7. The quantitative estimate of drug-likeness (QED) is 0.0360. The Morgan fingerprint density at radius 1 is 0.723 bits per heavy atom. The number of allylic oxidation sites excluding steroid dienone is 3. The van der Waals surface area contributed by atoms with E-state index in [-0.39, 0.29) is 11.6 Å². The van der Waals surface area contributed by atoms with Crippen LogP contribution in [0.1, 0.15) is 104 Å². The van der Waals surface area contributed by atoms with Gasteiger partial charge in [-0.1, -0.05) is 142 Å². The minimum absolute atomic E-state index is 0.0527. The number of rotatable bonds is 22. The number of hydrogen-bond acceptors (Lipinski definition) is 9. The first-order chi connectivity index (χ1) is 31.3. The smallest absolute Gasteiger partial charge is 0.417 e. The number of nitrogens with zero attached hydrogens (tertiary/aromatic N) is 2. The van der Waals surface area contributed by atoms with Crippen LogP contribution in [0.25, 0.3) is 0 Å². The maximum Gasteiger partial charge on any atom is 0.417 e. The molecule has 0 fully saturated rings. The van der Waals surface area contributed by atoms with Crippen LogP contribution in [-0.2, 0) is 36.6 Å².